The Morgan fingerprint density at radius 2 is 1.38 bits per heavy atom. The molecule has 0 amide bonds. The summed E-state index contributed by atoms with van der Waals surface area (Å²) in [4.78, 5) is -1.22. The molecule has 0 spiro atoms. The van der Waals surface area contributed by atoms with E-state index >= 15 is 0 Å². The van der Waals surface area contributed by atoms with Crippen LogP contribution in [0.15, 0.2) is 58.3 Å². The number of nitrogens with two attached hydrogens (primary N) is 1. The van der Waals surface area contributed by atoms with E-state index in [1.807, 2.05) is 0 Å². The molecule has 0 aliphatic carbocycles. The maximum Gasteiger partial charge on any atom is 0.295 e. The highest BCUT2D eigenvalue weighted by molar-refractivity contribution is 7.93. The summed E-state index contributed by atoms with van der Waals surface area (Å²) < 4.78 is 58.3. The fraction of sp³-hybridized carbons (Fsp3) is 0. The Morgan fingerprint density at radius 1 is 0.857 bits per heavy atom. The molecule has 0 aliphatic heterocycles. The minimum Gasteiger partial charge on any atom is -0.399 e. The minimum absolute atomic E-state index is 0.217. The van der Waals surface area contributed by atoms with Crippen LogP contribution in [0, 0.1) is 0 Å². The molecule has 9 heteroatoms. The SMILES string of the molecule is Nc1ccc(NS(=O)(=O)c2ccccc2S(=O)(=O)O)cc1. The van der Waals surface area contributed by atoms with Crippen molar-refractivity contribution >= 4 is 31.5 Å². The van der Waals surface area contributed by atoms with Crippen LogP contribution in [0.2, 0.25) is 0 Å². The van der Waals surface area contributed by atoms with E-state index in [2.05, 4.69) is 4.72 Å². The van der Waals surface area contributed by atoms with Crippen LogP contribution >= 0.6 is 0 Å². The summed E-state index contributed by atoms with van der Waals surface area (Å²) in [6, 6.07) is 10.6. The molecule has 0 fully saturated rings. The minimum atomic E-state index is -4.65. The van der Waals surface area contributed by atoms with Gasteiger partial charge in [-0.1, -0.05) is 12.1 Å². The van der Waals surface area contributed by atoms with Crippen molar-refractivity contribution in [2.45, 2.75) is 9.79 Å². The maximum absolute atomic E-state index is 12.2. The fourth-order valence-corrected chi connectivity index (χ4v) is 4.01. The molecule has 112 valence electrons. The molecule has 0 heterocycles. The van der Waals surface area contributed by atoms with Gasteiger partial charge in [-0.25, -0.2) is 8.42 Å². The lowest BCUT2D eigenvalue weighted by molar-refractivity contribution is 0.480. The quantitative estimate of drug-likeness (QED) is 0.574. The number of nitrogen functional groups attached to an aromatic ring is 1. The van der Waals surface area contributed by atoms with Gasteiger partial charge >= 0.3 is 0 Å². The largest absolute Gasteiger partial charge is 0.399 e. The van der Waals surface area contributed by atoms with E-state index in [1.54, 1.807) is 0 Å². The average molecular weight is 328 g/mol. The van der Waals surface area contributed by atoms with Gasteiger partial charge in [0.15, 0.2) is 0 Å². The number of sulfonamides is 1. The number of nitrogens with one attached hydrogen (secondary N) is 1. The van der Waals surface area contributed by atoms with Crippen LogP contribution < -0.4 is 10.5 Å². The standard InChI is InChI=1S/C12H12N2O5S2/c13-9-5-7-10(8-6-9)14-20(15,16)11-3-1-2-4-12(11)21(17,18)19/h1-8,14H,13H2,(H,17,18,19). The zero-order valence-electron chi connectivity index (χ0n) is 10.6. The van der Waals surface area contributed by atoms with Gasteiger partial charge in [-0.15, -0.1) is 0 Å². The maximum atomic E-state index is 12.2. The summed E-state index contributed by atoms with van der Waals surface area (Å²) >= 11 is 0. The molecule has 2 rings (SSSR count). The zero-order chi connectivity index (χ0) is 15.7. The predicted octanol–water partition coefficient (Wildman–Crippen LogP) is 1.32. The first kappa shape index (κ1) is 15.3. The molecule has 7 nitrogen and oxygen atoms in total. The van der Waals surface area contributed by atoms with Crippen LogP contribution in [0.4, 0.5) is 11.4 Å². The third kappa shape index (κ3) is 3.51. The van der Waals surface area contributed by atoms with E-state index < -0.39 is 29.9 Å². The molecule has 0 saturated heterocycles. The monoisotopic (exact) mass is 328 g/mol. The first-order chi connectivity index (χ1) is 9.70. The van der Waals surface area contributed by atoms with Crippen LogP contribution in [-0.2, 0) is 20.1 Å². The van der Waals surface area contributed by atoms with E-state index in [9.17, 15) is 16.8 Å². The fourth-order valence-electron chi connectivity index (χ4n) is 1.65. The summed E-state index contributed by atoms with van der Waals surface area (Å²) in [6.07, 6.45) is 0. The van der Waals surface area contributed by atoms with Crippen molar-refractivity contribution in [1.29, 1.82) is 0 Å². The van der Waals surface area contributed by atoms with Gasteiger partial charge in [-0.05, 0) is 36.4 Å². The van der Waals surface area contributed by atoms with Gasteiger partial charge in [0.2, 0.25) is 0 Å². The summed E-state index contributed by atoms with van der Waals surface area (Å²) in [6.45, 7) is 0. The van der Waals surface area contributed by atoms with Gasteiger partial charge in [-0.2, -0.15) is 8.42 Å². The molecule has 2 aromatic carbocycles. The third-order valence-corrected chi connectivity index (χ3v) is 5.06. The van der Waals surface area contributed by atoms with E-state index in [1.165, 1.54) is 36.4 Å². The second-order valence-corrected chi connectivity index (χ2v) is 7.19. The van der Waals surface area contributed by atoms with Crippen LogP contribution in [0.5, 0.6) is 0 Å². The average Bonchev–Trinajstić information content (AvgIpc) is 2.40. The molecule has 0 saturated carbocycles. The van der Waals surface area contributed by atoms with Crippen molar-refractivity contribution in [1.82, 2.24) is 0 Å². The zero-order valence-corrected chi connectivity index (χ0v) is 12.2. The van der Waals surface area contributed by atoms with Crippen LogP contribution in [0.3, 0.4) is 0 Å². The molecular weight excluding hydrogens is 316 g/mol. The number of hydrogen-bond donors (Lipinski definition) is 3. The molecule has 4 N–H and O–H groups in total. The third-order valence-electron chi connectivity index (χ3n) is 2.58. The number of hydrogen-bond acceptors (Lipinski definition) is 5. The smallest absolute Gasteiger partial charge is 0.295 e. The van der Waals surface area contributed by atoms with Gasteiger partial charge < -0.3 is 5.73 Å². The van der Waals surface area contributed by atoms with E-state index in [0.29, 0.717) is 5.69 Å². The Hall–Kier alpha value is -2.10. The van der Waals surface area contributed by atoms with Gasteiger partial charge in [0, 0.05) is 11.4 Å². The molecule has 0 unspecified atom stereocenters. The molecule has 0 atom stereocenters. The summed E-state index contributed by atoms with van der Waals surface area (Å²) in [5.41, 5.74) is 6.17. The second-order valence-electron chi connectivity index (χ2n) is 4.15. The topological polar surface area (TPSA) is 127 Å². The van der Waals surface area contributed by atoms with Gasteiger partial charge in [0.1, 0.15) is 9.79 Å². The van der Waals surface area contributed by atoms with Crippen molar-refractivity contribution in [3.05, 3.63) is 48.5 Å². The molecule has 2 aromatic rings. The number of anilines is 2. The van der Waals surface area contributed by atoms with Crippen molar-refractivity contribution in [3.63, 3.8) is 0 Å². The van der Waals surface area contributed by atoms with Crippen molar-refractivity contribution in [2.24, 2.45) is 0 Å². The molecule has 0 radical (unpaired) electrons. The lowest BCUT2D eigenvalue weighted by atomic mass is 10.3. The van der Waals surface area contributed by atoms with E-state index in [-0.39, 0.29) is 5.69 Å². The van der Waals surface area contributed by atoms with Crippen molar-refractivity contribution in [2.75, 3.05) is 10.5 Å². The molecule has 21 heavy (non-hydrogen) atoms. The highest BCUT2D eigenvalue weighted by Gasteiger charge is 2.24. The first-order valence-electron chi connectivity index (χ1n) is 5.65. The Morgan fingerprint density at radius 3 is 1.90 bits per heavy atom. The molecule has 0 aliphatic rings. The summed E-state index contributed by atoms with van der Waals surface area (Å²) in [5, 5.41) is 0. The molecule has 0 bridgehead atoms. The Kier molecular flexibility index (Phi) is 3.90. The lowest BCUT2D eigenvalue weighted by Gasteiger charge is -2.10. The van der Waals surface area contributed by atoms with E-state index in [0.717, 1.165) is 12.1 Å². The first-order valence-corrected chi connectivity index (χ1v) is 8.57. The van der Waals surface area contributed by atoms with Gasteiger partial charge in [0.25, 0.3) is 20.1 Å². The highest BCUT2D eigenvalue weighted by atomic mass is 32.2. The van der Waals surface area contributed by atoms with Crippen LogP contribution in [0.25, 0.3) is 0 Å². The number of rotatable bonds is 4. The van der Waals surface area contributed by atoms with Crippen LogP contribution in [-0.4, -0.2) is 21.4 Å². The van der Waals surface area contributed by atoms with Crippen molar-refractivity contribution in [3.8, 4) is 0 Å². The van der Waals surface area contributed by atoms with Crippen molar-refractivity contribution < 1.29 is 21.4 Å². The number of benzene rings is 2. The van der Waals surface area contributed by atoms with E-state index in [4.69, 9.17) is 10.3 Å². The second kappa shape index (κ2) is 5.35. The lowest BCUT2D eigenvalue weighted by Crippen LogP contribution is -2.16. The normalized spacial score (nSPS) is 12.0. The predicted molar refractivity (Wildman–Crippen MR) is 77.9 cm³/mol. The Bertz CT molecular complexity index is 859. The highest BCUT2D eigenvalue weighted by Crippen LogP contribution is 2.23. The molecular formula is C12H12N2O5S2. The summed E-state index contributed by atoms with van der Waals surface area (Å²) in [7, 11) is -8.82. The van der Waals surface area contributed by atoms with Gasteiger partial charge in [-0.3, -0.25) is 9.27 Å². The van der Waals surface area contributed by atoms with Crippen LogP contribution in [0.1, 0.15) is 0 Å². The molecule has 0 aromatic heterocycles. The van der Waals surface area contributed by atoms with Gasteiger partial charge in [0.05, 0.1) is 0 Å². The Balaban J connectivity index is 2.48. The summed E-state index contributed by atoms with van der Waals surface area (Å²) in [5.74, 6) is 0. The Labute approximate surface area is 122 Å².